The molecule has 118 valence electrons. The normalized spacial score (nSPS) is 17.3. The topological polar surface area (TPSA) is 110 Å². The van der Waals surface area contributed by atoms with Gasteiger partial charge in [0.25, 0.3) is 0 Å². The zero-order chi connectivity index (χ0) is 16.1. The molecule has 0 radical (unpaired) electrons. The van der Waals surface area contributed by atoms with E-state index in [2.05, 4.69) is 0 Å². The van der Waals surface area contributed by atoms with Gasteiger partial charge in [0.15, 0.2) is 0 Å². The SMILES string of the molecule is NC(=O)c1ccc(OCCC(=O)N2CCC[C@H]2C(=O)O)cc1. The zero-order valence-corrected chi connectivity index (χ0v) is 12.0. The number of primary amides is 1. The van der Waals surface area contributed by atoms with Gasteiger partial charge < -0.3 is 20.5 Å². The lowest BCUT2D eigenvalue weighted by Gasteiger charge is -2.21. The van der Waals surface area contributed by atoms with Gasteiger partial charge in [-0.15, -0.1) is 0 Å². The number of hydrogen-bond acceptors (Lipinski definition) is 4. The van der Waals surface area contributed by atoms with E-state index in [4.69, 9.17) is 15.6 Å². The maximum atomic E-state index is 12.0. The molecule has 0 bridgehead atoms. The minimum Gasteiger partial charge on any atom is -0.493 e. The summed E-state index contributed by atoms with van der Waals surface area (Å²) in [6.45, 7) is 0.626. The van der Waals surface area contributed by atoms with Crippen LogP contribution in [0, 0.1) is 0 Å². The molecule has 1 saturated heterocycles. The average molecular weight is 306 g/mol. The highest BCUT2D eigenvalue weighted by Gasteiger charge is 2.33. The number of carboxylic acid groups (broad SMARTS) is 1. The van der Waals surface area contributed by atoms with Gasteiger partial charge in [0.1, 0.15) is 11.8 Å². The van der Waals surface area contributed by atoms with Crippen molar-refractivity contribution in [1.29, 1.82) is 0 Å². The number of ether oxygens (including phenoxy) is 1. The van der Waals surface area contributed by atoms with Gasteiger partial charge in [0.2, 0.25) is 11.8 Å². The van der Waals surface area contributed by atoms with E-state index in [9.17, 15) is 14.4 Å². The molecule has 1 aromatic rings. The van der Waals surface area contributed by atoms with Gasteiger partial charge in [-0.05, 0) is 37.1 Å². The van der Waals surface area contributed by atoms with Crippen molar-refractivity contribution < 1.29 is 24.2 Å². The largest absolute Gasteiger partial charge is 0.493 e. The smallest absolute Gasteiger partial charge is 0.326 e. The van der Waals surface area contributed by atoms with Gasteiger partial charge in [0, 0.05) is 12.1 Å². The Balaban J connectivity index is 1.81. The van der Waals surface area contributed by atoms with Crippen molar-refractivity contribution in [3.63, 3.8) is 0 Å². The van der Waals surface area contributed by atoms with Gasteiger partial charge in [-0.25, -0.2) is 4.79 Å². The van der Waals surface area contributed by atoms with Crippen LogP contribution in [-0.2, 0) is 9.59 Å². The Morgan fingerprint density at radius 2 is 1.95 bits per heavy atom. The first-order valence-corrected chi connectivity index (χ1v) is 7.04. The maximum absolute atomic E-state index is 12.0. The summed E-state index contributed by atoms with van der Waals surface area (Å²) >= 11 is 0. The van der Waals surface area contributed by atoms with E-state index in [0.717, 1.165) is 0 Å². The van der Waals surface area contributed by atoms with Crippen LogP contribution in [0.4, 0.5) is 0 Å². The number of carbonyl (C=O) groups excluding carboxylic acids is 2. The van der Waals surface area contributed by atoms with Crippen LogP contribution in [0.3, 0.4) is 0 Å². The molecule has 7 heteroatoms. The van der Waals surface area contributed by atoms with Crippen molar-refractivity contribution >= 4 is 17.8 Å². The van der Waals surface area contributed by atoms with Crippen LogP contribution >= 0.6 is 0 Å². The predicted octanol–water partition coefficient (Wildman–Crippen LogP) is 0.630. The number of carbonyl (C=O) groups is 3. The molecule has 1 aliphatic rings. The summed E-state index contributed by atoms with van der Waals surface area (Å²) in [4.78, 5) is 35.4. The van der Waals surface area contributed by atoms with Crippen molar-refractivity contribution in [2.24, 2.45) is 5.73 Å². The Morgan fingerprint density at radius 1 is 1.27 bits per heavy atom. The summed E-state index contributed by atoms with van der Waals surface area (Å²) < 4.78 is 5.42. The Labute approximate surface area is 127 Å². The van der Waals surface area contributed by atoms with Crippen molar-refractivity contribution in [2.45, 2.75) is 25.3 Å². The van der Waals surface area contributed by atoms with Crippen LogP contribution < -0.4 is 10.5 Å². The number of nitrogens with zero attached hydrogens (tertiary/aromatic N) is 1. The first-order chi connectivity index (χ1) is 10.5. The lowest BCUT2D eigenvalue weighted by atomic mass is 10.2. The summed E-state index contributed by atoms with van der Waals surface area (Å²) in [5.41, 5.74) is 5.51. The second-order valence-electron chi connectivity index (χ2n) is 5.07. The third-order valence-corrected chi connectivity index (χ3v) is 3.58. The second kappa shape index (κ2) is 6.93. The van der Waals surface area contributed by atoms with Crippen LogP contribution in [-0.4, -0.2) is 47.0 Å². The second-order valence-corrected chi connectivity index (χ2v) is 5.07. The number of nitrogens with two attached hydrogens (primary N) is 1. The van der Waals surface area contributed by atoms with Gasteiger partial charge in [-0.3, -0.25) is 9.59 Å². The molecule has 1 aliphatic heterocycles. The van der Waals surface area contributed by atoms with Crippen LogP contribution in [0.25, 0.3) is 0 Å². The first kappa shape index (κ1) is 15.8. The molecule has 0 aliphatic carbocycles. The van der Waals surface area contributed by atoms with Crippen molar-refractivity contribution in [3.8, 4) is 5.75 Å². The summed E-state index contributed by atoms with van der Waals surface area (Å²) in [6.07, 6.45) is 1.32. The first-order valence-electron chi connectivity index (χ1n) is 7.04. The summed E-state index contributed by atoms with van der Waals surface area (Å²) in [5, 5.41) is 9.04. The molecule has 0 saturated carbocycles. The summed E-state index contributed by atoms with van der Waals surface area (Å²) in [5.74, 6) is -1.18. The van der Waals surface area contributed by atoms with Gasteiger partial charge in [-0.2, -0.15) is 0 Å². The number of aliphatic carboxylic acids is 1. The van der Waals surface area contributed by atoms with Crippen LogP contribution in [0.5, 0.6) is 5.75 Å². The highest BCUT2D eigenvalue weighted by molar-refractivity contribution is 5.92. The number of amides is 2. The minimum absolute atomic E-state index is 0.112. The third kappa shape index (κ3) is 3.75. The molecule has 2 amide bonds. The average Bonchev–Trinajstić information content (AvgIpc) is 2.97. The Hall–Kier alpha value is -2.57. The quantitative estimate of drug-likeness (QED) is 0.801. The molecule has 1 fully saturated rings. The molecular formula is C15H18N2O5. The molecule has 0 aromatic heterocycles. The number of hydrogen-bond donors (Lipinski definition) is 2. The fourth-order valence-corrected chi connectivity index (χ4v) is 2.44. The van der Waals surface area contributed by atoms with E-state index in [1.54, 1.807) is 24.3 Å². The van der Waals surface area contributed by atoms with Crippen molar-refractivity contribution in [1.82, 2.24) is 4.90 Å². The highest BCUT2D eigenvalue weighted by Crippen LogP contribution is 2.19. The number of likely N-dealkylation sites (tertiary alicyclic amines) is 1. The number of benzene rings is 1. The molecule has 1 heterocycles. The molecule has 0 spiro atoms. The van der Waals surface area contributed by atoms with E-state index in [-0.39, 0.29) is 18.9 Å². The summed E-state index contributed by atoms with van der Waals surface area (Å²) in [7, 11) is 0. The monoisotopic (exact) mass is 306 g/mol. The van der Waals surface area contributed by atoms with Gasteiger partial charge in [0.05, 0.1) is 13.0 Å². The highest BCUT2D eigenvalue weighted by atomic mass is 16.5. The van der Waals surface area contributed by atoms with E-state index in [0.29, 0.717) is 30.7 Å². The molecule has 22 heavy (non-hydrogen) atoms. The number of rotatable bonds is 6. The molecule has 1 aromatic carbocycles. The van der Waals surface area contributed by atoms with E-state index in [1.807, 2.05) is 0 Å². The Bertz CT molecular complexity index is 570. The third-order valence-electron chi connectivity index (χ3n) is 3.58. The Kier molecular flexibility index (Phi) is 4.98. The lowest BCUT2D eigenvalue weighted by molar-refractivity contribution is -0.148. The molecular weight excluding hydrogens is 288 g/mol. The minimum atomic E-state index is -0.964. The summed E-state index contributed by atoms with van der Waals surface area (Å²) in [6, 6.07) is 5.56. The van der Waals surface area contributed by atoms with Gasteiger partial charge >= 0.3 is 5.97 Å². The van der Waals surface area contributed by atoms with Gasteiger partial charge in [-0.1, -0.05) is 0 Å². The standard InChI is InChI=1S/C15H18N2O5/c16-14(19)10-3-5-11(6-4-10)22-9-7-13(18)17-8-1-2-12(17)15(20)21/h3-6,12H,1-2,7-9H2,(H2,16,19)(H,20,21)/t12-/m0/s1. The zero-order valence-electron chi connectivity index (χ0n) is 12.0. The molecule has 7 nitrogen and oxygen atoms in total. The molecule has 1 atom stereocenters. The molecule has 0 unspecified atom stereocenters. The Morgan fingerprint density at radius 3 is 2.55 bits per heavy atom. The van der Waals surface area contributed by atoms with Crippen molar-refractivity contribution in [2.75, 3.05) is 13.2 Å². The van der Waals surface area contributed by atoms with E-state index in [1.165, 1.54) is 4.90 Å². The van der Waals surface area contributed by atoms with E-state index < -0.39 is 17.9 Å². The van der Waals surface area contributed by atoms with E-state index >= 15 is 0 Å². The fourth-order valence-electron chi connectivity index (χ4n) is 2.44. The fraction of sp³-hybridized carbons (Fsp3) is 0.400. The lowest BCUT2D eigenvalue weighted by Crippen LogP contribution is -2.40. The number of carboxylic acids is 1. The molecule has 2 rings (SSSR count). The molecule has 3 N–H and O–H groups in total. The maximum Gasteiger partial charge on any atom is 0.326 e. The van der Waals surface area contributed by atoms with Crippen LogP contribution in [0.2, 0.25) is 0 Å². The predicted molar refractivity (Wildman–Crippen MR) is 77.4 cm³/mol. The van der Waals surface area contributed by atoms with Crippen molar-refractivity contribution in [3.05, 3.63) is 29.8 Å². The van der Waals surface area contributed by atoms with Crippen LogP contribution in [0.15, 0.2) is 24.3 Å². The van der Waals surface area contributed by atoms with Crippen LogP contribution in [0.1, 0.15) is 29.6 Å².